The van der Waals surface area contributed by atoms with Gasteiger partial charge in [0.1, 0.15) is 0 Å². The van der Waals surface area contributed by atoms with Crippen molar-refractivity contribution < 1.29 is 14.6 Å². The Hall–Kier alpha value is -3.40. The van der Waals surface area contributed by atoms with Gasteiger partial charge in [0.25, 0.3) is 0 Å². The molecule has 6 heteroatoms. The monoisotopic (exact) mass is 361 g/mol. The number of hydrazine groups is 1. The van der Waals surface area contributed by atoms with E-state index in [0.717, 1.165) is 5.01 Å². The van der Waals surface area contributed by atoms with E-state index in [2.05, 4.69) is 16.8 Å². The van der Waals surface area contributed by atoms with Crippen molar-refractivity contribution in [2.45, 2.75) is 12.6 Å². The predicted octanol–water partition coefficient (Wildman–Crippen LogP) is 1.81. The number of benzene rings is 2. The molecule has 0 bridgehead atoms. The van der Waals surface area contributed by atoms with Gasteiger partial charge in [-0.1, -0.05) is 54.5 Å². The summed E-state index contributed by atoms with van der Waals surface area (Å²) in [4.78, 5) is 16.5. The maximum atomic E-state index is 12.2. The maximum Gasteiger partial charge on any atom is 0.356 e. The number of rotatable bonds is 3. The molecular formula is C21H19N3O3. The number of esters is 1. The van der Waals surface area contributed by atoms with Crippen molar-refractivity contribution in [3.05, 3.63) is 83.6 Å². The minimum atomic E-state index is -1.93. The summed E-state index contributed by atoms with van der Waals surface area (Å²) in [5.41, 5.74) is -0.642. The second kappa shape index (κ2) is 7.87. The van der Waals surface area contributed by atoms with E-state index in [9.17, 15) is 9.90 Å². The molecule has 0 radical (unpaired) electrons. The van der Waals surface area contributed by atoms with Crippen LogP contribution < -0.4 is 5.84 Å². The van der Waals surface area contributed by atoms with Gasteiger partial charge in [0.15, 0.2) is 11.5 Å². The second-order valence-corrected chi connectivity index (χ2v) is 5.76. The average Bonchev–Trinajstić information content (AvgIpc) is 2.70. The molecule has 136 valence electrons. The van der Waals surface area contributed by atoms with Gasteiger partial charge in [0.05, 0.1) is 6.61 Å². The molecule has 6 nitrogen and oxygen atoms in total. The van der Waals surface area contributed by atoms with Gasteiger partial charge in [0, 0.05) is 17.2 Å². The summed E-state index contributed by atoms with van der Waals surface area (Å²) >= 11 is 0. The average molecular weight is 361 g/mol. The minimum absolute atomic E-state index is 0.0535. The van der Waals surface area contributed by atoms with Crippen molar-refractivity contribution in [3.63, 3.8) is 0 Å². The summed E-state index contributed by atoms with van der Waals surface area (Å²) in [5, 5.41) is 12.1. The van der Waals surface area contributed by atoms with Gasteiger partial charge in [0.2, 0.25) is 5.72 Å². The highest BCUT2D eigenvalue weighted by Crippen LogP contribution is 2.23. The summed E-state index contributed by atoms with van der Waals surface area (Å²) in [7, 11) is 0. The van der Waals surface area contributed by atoms with Crippen LogP contribution in [0.5, 0.6) is 0 Å². The molecule has 0 aliphatic carbocycles. The third kappa shape index (κ3) is 4.06. The van der Waals surface area contributed by atoms with Crippen LogP contribution in [0.2, 0.25) is 0 Å². The Bertz CT molecular complexity index is 943. The maximum absolute atomic E-state index is 12.2. The van der Waals surface area contributed by atoms with Crippen LogP contribution in [0.1, 0.15) is 18.1 Å². The zero-order chi connectivity index (χ0) is 19.3. The molecule has 3 N–H and O–H groups in total. The first-order valence-electron chi connectivity index (χ1n) is 8.43. The van der Waals surface area contributed by atoms with Crippen molar-refractivity contribution in [2.24, 2.45) is 10.8 Å². The van der Waals surface area contributed by atoms with E-state index in [1.807, 2.05) is 48.5 Å². The number of hydrogen-bond donors (Lipinski definition) is 2. The number of amidine groups is 1. The van der Waals surface area contributed by atoms with E-state index in [4.69, 9.17) is 10.6 Å². The van der Waals surface area contributed by atoms with Gasteiger partial charge in [-0.2, -0.15) is 0 Å². The lowest BCUT2D eigenvalue weighted by molar-refractivity contribution is -0.138. The van der Waals surface area contributed by atoms with Crippen LogP contribution in [0, 0.1) is 11.8 Å². The number of carbonyl (C=O) groups excluding carboxylic acids is 1. The summed E-state index contributed by atoms with van der Waals surface area (Å²) in [6, 6.07) is 18.2. The van der Waals surface area contributed by atoms with E-state index in [-0.39, 0.29) is 18.1 Å². The minimum Gasteiger partial charge on any atom is -0.461 e. The van der Waals surface area contributed by atoms with Crippen LogP contribution in [0.3, 0.4) is 0 Å². The summed E-state index contributed by atoms with van der Waals surface area (Å²) < 4.78 is 5.02. The van der Waals surface area contributed by atoms with Gasteiger partial charge in [-0.05, 0) is 25.0 Å². The quantitative estimate of drug-likeness (QED) is 0.495. The van der Waals surface area contributed by atoms with Gasteiger partial charge in [-0.3, -0.25) is 0 Å². The van der Waals surface area contributed by atoms with E-state index in [1.54, 1.807) is 19.1 Å². The fourth-order valence-corrected chi connectivity index (χ4v) is 2.50. The highest BCUT2D eigenvalue weighted by atomic mass is 16.5. The van der Waals surface area contributed by atoms with Crippen molar-refractivity contribution in [3.8, 4) is 11.8 Å². The third-order valence-corrected chi connectivity index (χ3v) is 3.84. The van der Waals surface area contributed by atoms with Gasteiger partial charge >= 0.3 is 5.97 Å². The molecule has 1 aliphatic heterocycles. The Morgan fingerprint density at radius 3 is 2.44 bits per heavy atom. The largest absolute Gasteiger partial charge is 0.461 e. The highest BCUT2D eigenvalue weighted by Gasteiger charge is 2.37. The number of hydrogen-bond acceptors (Lipinski definition) is 6. The first kappa shape index (κ1) is 18.4. The summed E-state index contributed by atoms with van der Waals surface area (Å²) in [6.45, 7) is 1.88. The number of nitrogens with zero attached hydrogens (tertiary/aromatic N) is 2. The molecule has 1 atom stereocenters. The van der Waals surface area contributed by atoms with Gasteiger partial charge in [-0.25, -0.2) is 20.6 Å². The zero-order valence-corrected chi connectivity index (χ0v) is 14.8. The molecule has 1 unspecified atom stereocenters. The van der Waals surface area contributed by atoms with E-state index < -0.39 is 11.7 Å². The number of ether oxygens (including phenoxy) is 1. The molecule has 0 spiro atoms. The van der Waals surface area contributed by atoms with Crippen LogP contribution in [0.4, 0.5) is 0 Å². The molecule has 0 amide bonds. The third-order valence-electron chi connectivity index (χ3n) is 3.84. The van der Waals surface area contributed by atoms with E-state index >= 15 is 0 Å². The van der Waals surface area contributed by atoms with Gasteiger partial charge in [-0.15, -0.1) is 0 Å². The normalized spacial score (nSPS) is 18.7. The molecule has 1 heterocycles. The molecule has 0 aromatic heterocycles. The lowest BCUT2D eigenvalue weighted by atomic mass is 10.1. The van der Waals surface area contributed by atoms with Crippen molar-refractivity contribution in [1.82, 2.24) is 5.01 Å². The molecule has 3 rings (SSSR count). The van der Waals surface area contributed by atoms with Crippen molar-refractivity contribution in [2.75, 3.05) is 6.61 Å². The predicted molar refractivity (Wildman–Crippen MR) is 102 cm³/mol. The Labute approximate surface area is 157 Å². The second-order valence-electron chi connectivity index (χ2n) is 5.76. The first-order chi connectivity index (χ1) is 13.0. The van der Waals surface area contributed by atoms with Crippen LogP contribution in [0.15, 0.2) is 77.4 Å². The standard InChI is InChI=1S/C21H19N3O3/c1-2-27-20(25)18-15-21(26,14-13-16-9-5-3-6-10-16)24(22)19(23-18)17-11-7-4-8-12-17/h3-12,15,26H,2,22H2,1H3. The van der Waals surface area contributed by atoms with Crippen molar-refractivity contribution in [1.29, 1.82) is 0 Å². The van der Waals surface area contributed by atoms with Crippen LogP contribution in [-0.2, 0) is 9.53 Å². The SMILES string of the molecule is CCOC(=O)C1=CC(O)(C#Cc2ccccc2)N(N)C(c2ccccc2)=N1. The van der Waals surface area contributed by atoms with E-state index in [0.29, 0.717) is 11.1 Å². The Morgan fingerprint density at radius 2 is 1.81 bits per heavy atom. The lowest BCUT2D eigenvalue weighted by Gasteiger charge is -2.35. The molecule has 2 aromatic carbocycles. The number of carbonyl (C=O) groups is 1. The Kier molecular flexibility index (Phi) is 5.36. The number of aliphatic hydroxyl groups is 1. The smallest absolute Gasteiger partial charge is 0.356 e. The molecule has 1 aliphatic rings. The summed E-state index contributed by atoms with van der Waals surface area (Å²) in [6.07, 6.45) is 1.20. The number of aliphatic imine (C=N–C) groups is 1. The van der Waals surface area contributed by atoms with Crippen LogP contribution in [-0.4, -0.2) is 34.3 Å². The zero-order valence-electron chi connectivity index (χ0n) is 14.8. The topological polar surface area (TPSA) is 88.2 Å². The van der Waals surface area contributed by atoms with Gasteiger partial charge < -0.3 is 9.84 Å². The molecule has 27 heavy (non-hydrogen) atoms. The number of nitrogens with two attached hydrogens (primary N) is 1. The van der Waals surface area contributed by atoms with Crippen molar-refractivity contribution >= 4 is 11.8 Å². The molecule has 0 fully saturated rings. The first-order valence-corrected chi connectivity index (χ1v) is 8.43. The molecular weight excluding hydrogens is 342 g/mol. The molecule has 0 saturated carbocycles. The molecule has 0 saturated heterocycles. The van der Waals surface area contributed by atoms with Crippen LogP contribution in [0.25, 0.3) is 0 Å². The summed E-state index contributed by atoms with van der Waals surface area (Å²) in [5.74, 6) is 11.3. The Balaban J connectivity index is 2.06. The fourth-order valence-electron chi connectivity index (χ4n) is 2.50. The fraction of sp³-hybridized carbons (Fsp3) is 0.143. The molecule has 2 aromatic rings. The lowest BCUT2D eigenvalue weighted by Crippen LogP contribution is -2.56. The van der Waals surface area contributed by atoms with E-state index in [1.165, 1.54) is 6.08 Å². The Morgan fingerprint density at radius 1 is 1.19 bits per heavy atom. The highest BCUT2D eigenvalue weighted by molar-refractivity contribution is 6.04. The van der Waals surface area contributed by atoms with Crippen LogP contribution >= 0.6 is 0 Å².